The summed E-state index contributed by atoms with van der Waals surface area (Å²) < 4.78 is 0. The molecule has 2 heterocycles. The summed E-state index contributed by atoms with van der Waals surface area (Å²) in [5.74, 6) is 0.681. The number of rotatable bonds is 2. The molecule has 1 N–H and O–H groups in total. The van der Waals surface area contributed by atoms with Crippen LogP contribution in [-0.4, -0.2) is 53.3 Å². The number of nitrogens with zero attached hydrogens (tertiary/aromatic N) is 4. The lowest BCUT2D eigenvalue weighted by molar-refractivity contribution is 0.109. The third-order valence-corrected chi connectivity index (χ3v) is 5.29. The molecule has 128 valence electrons. The van der Waals surface area contributed by atoms with Crippen LogP contribution in [0.5, 0.6) is 0 Å². The van der Waals surface area contributed by atoms with Gasteiger partial charge in [0, 0.05) is 38.4 Å². The Morgan fingerprint density at radius 2 is 1.80 bits per heavy atom. The zero-order valence-electron chi connectivity index (χ0n) is 14.2. The number of aliphatic hydroxyl groups excluding tert-OH is 1. The van der Waals surface area contributed by atoms with E-state index in [0.29, 0.717) is 30.5 Å². The number of pyridine rings is 1. The first kappa shape index (κ1) is 16.1. The zero-order chi connectivity index (χ0) is 17.2. The Morgan fingerprint density at radius 3 is 2.52 bits per heavy atom. The van der Waals surface area contributed by atoms with Gasteiger partial charge in [-0.2, -0.15) is 5.26 Å². The minimum Gasteiger partial charge on any atom is -0.390 e. The van der Waals surface area contributed by atoms with Crippen molar-refractivity contribution >= 4 is 5.82 Å². The zero-order valence-corrected chi connectivity index (χ0v) is 14.2. The van der Waals surface area contributed by atoms with Gasteiger partial charge in [-0.1, -0.05) is 24.3 Å². The van der Waals surface area contributed by atoms with Crippen LogP contribution in [0.25, 0.3) is 0 Å². The Bertz CT molecular complexity index is 775. The minimum absolute atomic E-state index is 0.445. The number of fused-ring (bicyclic) bond motifs is 1. The maximum absolute atomic E-state index is 10.5. The fraction of sp³-hybridized carbons (Fsp3) is 0.400. The van der Waals surface area contributed by atoms with Crippen molar-refractivity contribution < 1.29 is 5.11 Å². The molecule has 25 heavy (non-hydrogen) atoms. The highest BCUT2D eigenvalue weighted by molar-refractivity contribution is 5.53. The van der Waals surface area contributed by atoms with Crippen LogP contribution in [0, 0.1) is 11.3 Å². The second-order valence-corrected chi connectivity index (χ2v) is 6.91. The Kier molecular flexibility index (Phi) is 4.39. The molecule has 2 aliphatic rings. The third-order valence-electron chi connectivity index (χ3n) is 5.29. The Balaban J connectivity index is 1.50. The number of nitriles is 1. The van der Waals surface area contributed by atoms with Crippen LogP contribution >= 0.6 is 0 Å². The molecule has 1 aromatic carbocycles. The molecule has 1 aliphatic heterocycles. The van der Waals surface area contributed by atoms with Crippen molar-refractivity contribution in [3.05, 3.63) is 59.3 Å². The Morgan fingerprint density at radius 1 is 1.04 bits per heavy atom. The average Bonchev–Trinajstić information content (AvgIpc) is 2.98. The Labute approximate surface area is 148 Å². The summed E-state index contributed by atoms with van der Waals surface area (Å²) in [5, 5.41) is 19.9. The SMILES string of the molecule is N#Cc1cccnc1N1CCN(C2Cc3ccccc3C2)CC(O)C1. The number of anilines is 1. The molecule has 1 atom stereocenters. The molecule has 1 unspecified atom stereocenters. The van der Waals surface area contributed by atoms with Crippen molar-refractivity contribution in [1.29, 1.82) is 5.26 Å². The number of benzene rings is 1. The number of hydrogen-bond acceptors (Lipinski definition) is 5. The van der Waals surface area contributed by atoms with Crippen LogP contribution in [0.1, 0.15) is 16.7 Å². The van der Waals surface area contributed by atoms with Crippen LogP contribution in [0.15, 0.2) is 42.6 Å². The van der Waals surface area contributed by atoms with Crippen molar-refractivity contribution in [2.75, 3.05) is 31.1 Å². The molecular formula is C20H22N4O. The first-order valence-electron chi connectivity index (χ1n) is 8.83. The predicted octanol–water partition coefficient (Wildman–Crippen LogP) is 1.60. The molecule has 1 aromatic heterocycles. The largest absolute Gasteiger partial charge is 0.390 e. The van der Waals surface area contributed by atoms with E-state index in [2.05, 4.69) is 40.2 Å². The van der Waals surface area contributed by atoms with Gasteiger partial charge in [0.15, 0.2) is 0 Å². The smallest absolute Gasteiger partial charge is 0.146 e. The summed E-state index contributed by atoms with van der Waals surface area (Å²) in [6.45, 7) is 2.83. The number of aliphatic hydroxyl groups is 1. The second-order valence-electron chi connectivity index (χ2n) is 6.91. The molecule has 0 saturated carbocycles. The van der Waals surface area contributed by atoms with Crippen molar-refractivity contribution in [2.45, 2.75) is 25.0 Å². The molecule has 0 bridgehead atoms. The predicted molar refractivity (Wildman–Crippen MR) is 96.4 cm³/mol. The van der Waals surface area contributed by atoms with E-state index in [-0.39, 0.29) is 0 Å². The average molecular weight is 334 g/mol. The van der Waals surface area contributed by atoms with Crippen molar-refractivity contribution in [3.63, 3.8) is 0 Å². The molecule has 1 saturated heterocycles. The summed E-state index contributed by atoms with van der Waals surface area (Å²) in [6, 6.07) is 14.8. The van der Waals surface area contributed by atoms with E-state index in [1.165, 1.54) is 11.1 Å². The van der Waals surface area contributed by atoms with Crippen LogP contribution < -0.4 is 4.90 Å². The standard InChI is InChI=1S/C20H22N4O/c21-12-17-6-3-7-22-20(17)24-9-8-23(13-19(25)14-24)18-10-15-4-1-2-5-16(15)11-18/h1-7,18-19,25H,8-11,13-14H2. The normalized spacial score (nSPS) is 21.6. The fourth-order valence-electron chi connectivity index (χ4n) is 4.07. The molecule has 0 amide bonds. The monoisotopic (exact) mass is 334 g/mol. The fourth-order valence-corrected chi connectivity index (χ4v) is 4.07. The van der Waals surface area contributed by atoms with E-state index < -0.39 is 6.10 Å². The van der Waals surface area contributed by atoms with E-state index in [4.69, 9.17) is 0 Å². The van der Waals surface area contributed by atoms with Gasteiger partial charge in [-0.25, -0.2) is 4.98 Å². The summed E-state index contributed by atoms with van der Waals surface area (Å²) in [5.41, 5.74) is 3.43. The van der Waals surface area contributed by atoms with Crippen molar-refractivity contribution in [3.8, 4) is 6.07 Å². The van der Waals surface area contributed by atoms with E-state index in [1.807, 2.05) is 4.90 Å². The summed E-state index contributed by atoms with van der Waals surface area (Å²) in [7, 11) is 0. The molecule has 1 fully saturated rings. The summed E-state index contributed by atoms with van der Waals surface area (Å²) in [6.07, 6.45) is 3.37. The molecule has 0 radical (unpaired) electrons. The molecule has 1 aliphatic carbocycles. The van der Waals surface area contributed by atoms with E-state index in [9.17, 15) is 10.4 Å². The van der Waals surface area contributed by atoms with Crippen LogP contribution in [0.4, 0.5) is 5.82 Å². The molecular weight excluding hydrogens is 312 g/mol. The number of β-amino-alcohol motifs (C(OH)–C–C–N with tert-alkyl or cyclic N) is 1. The first-order chi connectivity index (χ1) is 12.2. The van der Waals surface area contributed by atoms with Gasteiger partial charge in [-0.15, -0.1) is 0 Å². The number of hydrogen-bond donors (Lipinski definition) is 1. The van der Waals surface area contributed by atoms with Gasteiger partial charge >= 0.3 is 0 Å². The van der Waals surface area contributed by atoms with Crippen LogP contribution in [0.2, 0.25) is 0 Å². The van der Waals surface area contributed by atoms with Gasteiger partial charge in [-0.05, 0) is 36.1 Å². The minimum atomic E-state index is -0.445. The lowest BCUT2D eigenvalue weighted by Crippen LogP contribution is -2.41. The van der Waals surface area contributed by atoms with Gasteiger partial charge in [-0.3, -0.25) is 4.90 Å². The second kappa shape index (κ2) is 6.83. The van der Waals surface area contributed by atoms with Crippen LogP contribution in [0.3, 0.4) is 0 Å². The summed E-state index contributed by atoms with van der Waals surface area (Å²) >= 11 is 0. The first-order valence-corrected chi connectivity index (χ1v) is 8.83. The lowest BCUT2D eigenvalue weighted by atomic mass is 10.1. The van der Waals surface area contributed by atoms with Gasteiger partial charge in [0.05, 0.1) is 11.7 Å². The quantitative estimate of drug-likeness (QED) is 0.904. The van der Waals surface area contributed by atoms with E-state index >= 15 is 0 Å². The van der Waals surface area contributed by atoms with Crippen LogP contribution in [-0.2, 0) is 12.8 Å². The molecule has 4 rings (SSSR count). The highest BCUT2D eigenvalue weighted by atomic mass is 16.3. The Hall–Kier alpha value is -2.42. The highest BCUT2D eigenvalue weighted by Crippen LogP contribution is 2.27. The lowest BCUT2D eigenvalue weighted by Gasteiger charge is -2.28. The summed E-state index contributed by atoms with van der Waals surface area (Å²) in [4.78, 5) is 8.83. The molecule has 2 aromatic rings. The highest BCUT2D eigenvalue weighted by Gasteiger charge is 2.31. The maximum Gasteiger partial charge on any atom is 0.146 e. The van der Waals surface area contributed by atoms with E-state index in [0.717, 1.165) is 25.9 Å². The van der Waals surface area contributed by atoms with Gasteiger partial charge in [0.1, 0.15) is 11.9 Å². The van der Waals surface area contributed by atoms with Gasteiger partial charge in [0.2, 0.25) is 0 Å². The molecule has 5 heteroatoms. The van der Waals surface area contributed by atoms with Gasteiger partial charge < -0.3 is 10.0 Å². The van der Waals surface area contributed by atoms with Crippen molar-refractivity contribution in [2.24, 2.45) is 0 Å². The van der Waals surface area contributed by atoms with Crippen molar-refractivity contribution in [1.82, 2.24) is 9.88 Å². The topological polar surface area (TPSA) is 63.4 Å². The maximum atomic E-state index is 10.5. The molecule has 0 spiro atoms. The number of aromatic nitrogens is 1. The third kappa shape index (κ3) is 3.23. The van der Waals surface area contributed by atoms with Gasteiger partial charge in [0.25, 0.3) is 0 Å². The molecule has 5 nitrogen and oxygen atoms in total. The van der Waals surface area contributed by atoms with E-state index in [1.54, 1.807) is 18.3 Å².